The molecule has 3 nitrogen and oxygen atoms in total. The van der Waals surface area contributed by atoms with Crippen molar-refractivity contribution in [1.29, 1.82) is 0 Å². The van der Waals surface area contributed by atoms with E-state index < -0.39 is 0 Å². The van der Waals surface area contributed by atoms with Gasteiger partial charge in [0.15, 0.2) is 0 Å². The number of nitrogens with one attached hydrogen (secondary N) is 1. The van der Waals surface area contributed by atoms with Crippen molar-refractivity contribution in [2.45, 2.75) is 43.1 Å². The van der Waals surface area contributed by atoms with Gasteiger partial charge in [-0.3, -0.25) is 4.79 Å². The first-order valence-electron chi connectivity index (χ1n) is 6.57. The topological polar surface area (TPSA) is 55.1 Å². The molecule has 0 heterocycles. The molecule has 1 fully saturated rings. The largest absolute Gasteiger partial charge is 0.397 e. The summed E-state index contributed by atoms with van der Waals surface area (Å²) in [6, 6.07) is 5.15. The lowest BCUT2D eigenvalue weighted by Crippen LogP contribution is -2.24. The fourth-order valence-corrected chi connectivity index (χ4v) is 3.72. The number of nitrogen functional groups attached to an aromatic ring is 1. The van der Waals surface area contributed by atoms with Crippen LogP contribution in [-0.2, 0) is 4.79 Å². The number of thioether (sulfide) groups is 1. The summed E-state index contributed by atoms with van der Waals surface area (Å²) in [5.41, 5.74) is 6.90. The van der Waals surface area contributed by atoms with Crippen LogP contribution in [0.1, 0.15) is 32.6 Å². The van der Waals surface area contributed by atoms with Gasteiger partial charge >= 0.3 is 0 Å². The molecule has 1 unspecified atom stereocenters. The molecule has 1 aromatic rings. The highest BCUT2D eigenvalue weighted by molar-refractivity contribution is 8.01. The van der Waals surface area contributed by atoms with Gasteiger partial charge in [0.1, 0.15) is 0 Å². The Bertz CT molecular complexity index is 461. The van der Waals surface area contributed by atoms with E-state index in [2.05, 4.69) is 5.32 Å². The second kappa shape index (κ2) is 6.53. The van der Waals surface area contributed by atoms with Crippen LogP contribution >= 0.6 is 23.4 Å². The molecule has 0 bridgehead atoms. The monoisotopic (exact) mass is 298 g/mol. The van der Waals surface area contributed by atoms with E-state index in [1.54, 1.807) is 30.0 Å². The van der Waals surface area contributed by atoms with Crippen LogP contribution in [-0.4, -0.2) is 16.4 Å². The number of carbonyl (C=O) groups excluding carboxylic acids is 1. The maximum atomic E-state index is 12.1. The Labute approximate surface area is 123 Å². The summed E-state index contributed by atoms with van der Waals surface area (Å²) in [6.45, 7) is 1.96. The quantitative estimate of drug-likeness (QED) is 0.828. The summed E-state index contributed by atoms with van der Waals surface area (Å²) >= 11 is 7.62. The van der Waals surface area contributed by atoms with Crippen LogP contribution in [0.2, 0.25) is 5.02 Å². The average molecular weight is 299 g/mol. The minimum absolute atomic E-state index is 0.0265. The Kier molecular flexibility index (Phi) is 4.99. The van der Waals surface area contributed by atoms with Gasteiger partial charge in [0.2, 0.25) is 5.91 Å². The molecule has 0 aliphatic heterocycles. The Hall–Kier alpha value is -0.870. The van der Waals surface area contributed by atoms with Crippen molar-refractivity contribution in [3.8, 4) is 0 Å². The Balaban J connectivity index is 1.90. The molecule has 1 aromatic carbocycles. The summed E-state index contributed by atoms with van der Waals surface area (Å²) in [5.74, 6) is 0.0265. The lowest BCUT2D eigenvalue weighted by Gasteiger charge is -2.16. The molecule has 1 aliphatic rings. The lowest BCUT2D eigenvalue weighted by molar-refractivity contribution is -0.115. The van der Waals surface area contributed by atoms with Crippen LogP contribution in [0.25, 0.3) is 0 Å². The minimum Gasteiger partial charge on any atom is -0.397 e. The number of nitrogens with two attached hydrogens (primary N) is 1. The molecule has 19 heavy (non-hydrogen) atoms. The highest BCUT2D eigenvalue weighted by Crippen LogP contribution is 2.32. The van der Waals surface area contributed by atoms with Crippen molar-refractivity contribution in [2.24, 2.45) is 0 Å². The lowest BCUT2D eigenvalue weighted by atomic mass is 10.2. The number of hydrogen-bond donors (Lipinski definition) is 2. The first kappa shape index (κ1) is 14.5. The molecular formula is C14H19ClN2OS. The number of hydrogen-bond acceptors (Lipinski definition) is 3. The van der Waals surface area contributed by atoms with E-state index in [1.165, 1.54) is 25.7 Å². The van der Waals surface area contributed by atoms with Crippen LogP contribution < -0.4 is 11.1 Å². The number of rotatable bonds is 4. The van der Waals surface area contributed by atoms with Gasteiger partial charge in [-0.05, 0) is 38.0 Å². The van der Waals surface area contributed by atoms with E-state index in [-0.39, 0.29) is 11.2 Å². The van der Waals surface area contributed by atoms with E-state index in [1.807, 2.05) is 6.92 Å². The third kappa shape index (κ3) is 4.05. The van der Waals surface area contributed by atoms with Crippen molar-refractivity contribution < 1.29 is 4.79 Å². The molecule has 1 amide bonds. The zero-order chi connectivity index (χ0) is 13.8. The summed E-state index contributed by atoms with van der Waals surface area (Å²) in [4.78, 5) is 12.1. The van der Waals surface area contributed by atoms with Gasteiger partial charge in [0.05, 0.1) is 16.0 Å². The highest BCUT2D eigenvalue weighted by atomic mass is 35.5. The third-order valence-corrected chi connectivity index (χ3v) is 5.15. The number of benzene rings is 1. The van der Waals surface area contributed by atoms with E-state index >= 15 is 0 Å². The molecule has 1 aliphatic carbocycles. The minimum atomic E-state index is -0.0417. The van der Waals surface area contributed by atoms with Crippen molar-refractivity contribution in [3.05, 3.63) is 23.2 Å². The van der Waals surface area contributed by atoms with Gasteiger partial charge in [0, 0.05) is 10.9 Å². The molecule has 5 heteroatoms. The molecule has 0 spiro atoms. The Morgan fingerprint density at radius 2 is 2.16 bits per heavy atom. The third-order valence-electron chi connectivity index (χ3n) is 3.33. The van der Waals surface area contributed by atoms with Crippen LogP contribution in [0, 0.1) is 0 Å². The number of anilines is 2. The molecule has 0 saturated heterocycles. The second-order valence-electron chi connectivity index (χ2n) is 4.91. The van der Waals surface area contributed by atoms with Crippen LogP contribution in [0.5, 0.6) is 0 Å². The van der Waals surface area contributed by atoms with E-state index in [9.17, 15) is 4.79 Å². The molecule has 1 saturated carbocycles. The SMILES string of the molecule is CC(SC1CCCC1)C(=O)Nc1ccc(Cl)c(N)c1. The molecule has 0 radical (unpaired) electrons. The Morgan fingerprint density at radius 3 is 2.79 bits per heavy atom. The number of carbonyl (C=O) groups is 1. The second-order valence-corrected chi connectivity index (χ2v) is 6.96. The fourth-order valence-electron chi connectivity index (χ4n) is 2.24. The summed E-state index contributed by atoms with van der Waals surface area (Å²) in [5, 5.41) is 3.98. The van der Waals surface area contributed by atoms with Crippen LogP contribution in [0.4, 0.5) is 11.4 Å². The number of halogens is 1. The summed E-state index contributed by atoms with van der Waals surface area (Å²) in [7, 11) is 0. The maximum Gasteiger partial charge on any atom is 0.237 e. The van der Waals surface area contributed by atoms with Gasteiger partial charge in [-0.1, -0.05) is 24.4 Å². The molecule has 1 atom stereocenters. The Morgan fingerprint density at radius 1 is 1.47 bits per heavy atom. The zero-order valence-corrected chi connectivity index (χ0v) is 12.6. The van der Waals surface area contributed by atoms with E-state index in [0.717, 1.165) is 0 Å². The maximum absolute atomic E-state index is 12.1. The highest BCUT2D eigenvalue weighted by Gasteiger charge is 2.22. The summed E-state index contributed by atoms with van der Waals surface area (Å²) in [6.07, 6.45) is 5.05. The van der Waals surface area contributed by atoms with Gasteiger partial charge in [-0.25, -0.2) is 0 Å². The first-order chi connectivity index (χ1) is 9.06. The van der Waals surface area contributed by atoms with Gasteiger partial charge in [-0.2, -0.15) is 0 Å². The predicted octanol–water partition coefficient (Wildman–Crippen LogP) is 3.93. The van der Waals surface area contributed by atoms with E-state index in [0.29, 0.717) is 21.6 Å². The van der Waals surface area contributed by atoms with Crippen molar-refractivity contribution in [2.75, 3.05) is 11.1 Å². The van der Waals surface area contributed by atoms with Crippen LogP contribution in [0.3, 0.4) is 0 Å². The molecule has 3 N–H and O–H groups in total. The van der Waals surface area contributed by atoms with E-state index in [4.69, 9.17) is 17.3 Å². The smallest absolute Gasteiger partial charge is 0.237 e. The van der Waals surface area contributed by atoms with Crippen molar-refractivity contribution >= 4 is 40.6 Å². The van der Waals surface area contributed by atoms with Gasteiger partial charge in [0.25, 0.3) is 0 Å². The zero-order valence-electron chi connectivity index (χ0n) is 11.0. The van der Waals surface area contributed by atoms with Crippen LogP contribution in [0.15, 0.2) is 18.2 Å². The predicted molar refractivity (Wildman–Crippen MR) is 83.8 cm³/mol. The average Bonchev–Trinajstić information content (AvgIpc) is 2.86. The van der Waals surface area contributed by atoms with Crippen molar-refractivity contribution in [3.63, 3.8) is 0 Å². The van der Waals surface area contributed by atoms with Crippen molar-refractivity contribution in [1.82, 2.24) is 0 Å². The number of amides is 1. The van der Waals surface area contributed by atoms with Gasteiger partial charge in [-0.15, -0.1) is 11.8 Å². The first-order valence-corrected chi connectivity index (χ1v) is 7.89. The standard InChI is InChI=1S/C14H19ClN2OS/c1-9(19-11-4-2-3-5-11)14(18)17-10-6-7-12(15)13(16)8-10/h6-9,11H,2-5,16H2,1H3,(H,17,18). The van der Waals surface area contributed by atoms with Gasteiger partial charge < -0.3 is 11.1 Å². The fraction of sp³-hybridized carbons (Fsp3) is 0.500. The molecule has 104 valence electrons. The molecule has 0 aromatic heterocycles. The molecular weight excluding hydrogens is 280 g/mol. The molecule has 2 rings (SSSR count). The summed E-state index contributed by atoms with van der Waals surface area (Å²) < 4.78 is 0. The normalized spacial score (nSPS) is 17.4.